The molecule has 1 aliphatic heterocycles. The first-order chi connectivity index (χ1) is 8.99. The van der Waals surface area contributed by atoms with Crippen molar-refractivity contribution in [3.05, 3.63) is 24.3 Å². The molecule has 2 rings (SSSR count). The van der Waals surface area contributed by atoms with Gasteiger partial charge in [0.1, 0.15) is 24.2 Å². The van der Waals surface area contributed by atoms with Gasteiger partial charge in [0.25, 0.3) is 0 Å². The van der Waals surface area contributed by atoms with Crippen LogP contribution in [0.2, 0.25) is 0 Å². The van der Waals surface area contributed by atoms with Crippen molar-refractivity contribution in [2.45, 2.75) is 18.5 Å². The van der Waals surface area contributed by atoms with Gasteiger partial charge in [0.2, 0.25) is 6.23 Å². The highest BCUT2D eigenvalue weighted by Crippen LogP contribution is 2.25. The molecule has 0 spiro atoms. The molecule has 1 N–H and O–H groups in total. The summed E-state index contributed by atoms with van der Waals surface area (Å²) in [6, 6.07) is 6.79. The summed E-state index contributed by atoms with van der Waals surface area (Å²) in [5.74, 6) is 1.24. The van der Waals surface area contributed by atoms with Crippen LogP contribution >= 0.6 is 0 Å². The SMILES string of the molecule is COc1ccc(OCC2CNC(C(F)(F)F)O2)cc1. The van der Waals surface area contributed by atoms with Crippen molar-refractivity contribution in [2.75, 3.05) is 20.3 Å². The van der Waals surface area contributed by atoms with Gasteiger partial charge in [-0.05, 0) is 24.3 Å². The van der Waals surface area contributed by atoms with Crippen LogP contribution in [0.25, 0.3) is 0 Å². The van der Waals surface area contributed by atoms with Gasteiger partial charge < -0.3 is 14.2 Å². The zero-order chi connectivity index (χ0) is 13.9. The minimum atomic E-state index is -4.39. The van der Waals surface area contributed by atoms with E-state index in [4.69, 9.17) is 14.2 Å². The van der Waals surface area contributed by atoms with Gasteiger partial charge in [0.05, 0.1) is 7.11 Å². The van der Waals surface area contributed by atoms with E-state index in [1.165, 1.54) is 0 Å². The molecule has 2 atom stereocenters. The Hall–Kier alpha value is -1.47. The molecule has 0 saturated carbocycles. The van der Waals surface area contributed by atoms with Gasteiger partial charge >= 0.3 is 6.18 Å². The quantitative estimate of drug-likeness (QED) is 0.913. The zero-order valence-corrected chi connectivity index (χ0v) is 10.2. The van der Waals surface area contributed by atoms with E-state index in [0.717, 1.165) is 0 Å². The minimum Gasteiger partial charge on any atom is -0.497 e. The Morgan fingerprint density at radius 3 is 2.42 bits per heavy atom. The molecule has 1 aromatic rings. The van der Waals surface area contributed by atoms with E-state index < -0.39 is 18.5 Å². The highest BCUT2D eigenvalue weighted by Gasteiger charge is 2.45. The predicted molar refractivity (Wildman–Crippen MR) is 61.2 cm³/mol. The standard InChI is InChI=1S/C12H14F3NO3/c1-17-8-2-4-9(5-3-8)18-7-10-6-16-11(19-10)12(13,14)15/h2-5,10-11,16H,6-7H2,1H3. The van der Waals surface area contributed by atoms with Crippen LogP contribution in [0.4, 0.5) is 13.2 Å². The fourth-order valence-corrected chi connectivity index (χ4v) is 1.68. The molecule has 0 amide bonds. The second kappa shape index (κ2) is 5.66. The molecule has 0 aliphatic carbocycles. The van der Waals surface area contributed by atoms with Gasteiger partial charge in [-0.25, -0.2) is 0 Å². The van der Waals surface area contributed by atoms with E-state index in [1.807, 2.05) is 0 Å². The highest BCUT2D eigenvalue weighted by atomic mass is 19.4. The minimum absolute atomic E-state index is 0.0614. The maximum atomic E-state index is 12.3. The van der Waals surface area contributed by atoms with Crippen LogP contribution in [0, 0.1) is 0 Å². The third kappa shape index (κ3) is 3.74. The number of rotatable bonds is 4. The summed E-state index contributed by atoms with van der Waals surface area (Å²) in [4.78, 5) is 0. The Morgan fingerprint density at radius 1 is 1.26 bits per heavy atom. The summed E-state index contributed by atoms with van der Waals surface area (Å²) in [6.45, 7) is 0.173. The number of nitrogens with one attached hydrogen (secondary N) is 1. The summed E-state index contributed by atoms with van der Waals surface area (Å²) in [6.07, 6.45) is -6.92. The van der Waals surface area contributed by atoms with E-state index >= 15 is 0 Å². The number of alkyl halides is 3. The number of methoxy groups -OCH3 is 1. The molecule has 1 aliphatic rings. The van der Waals surface area contributed by atoms with E-state index in [1.54, 1.807) is 31.4 Å². The lowest BCUT2D eigenvalue weighted by atomic mass is 10.3. The number of ether oxygens (including phenoxy) is 3. The molecule has 1 fully saturated rings. The fraction of sp³-hybridized carbons (Fsp3) is 0.500. The first-order valence-electron chi connectivity index (χ1n) is 5.71. The molecule has 0 aromatic heterocycles. The van der Waals surface area contributed by atoms with Crippen LogP contribution in [0.1, 0.15) is 0 Å². The normalized spacial score (nSPS) is 23.4. The lowest BCUT2D eigenvalue weighted by Crippen LogP contribution is -2.38. The zero-order valence-electron chi connectivity index (χ0n) is 10.2. The van der Waals surface area contributed by atoms with Crippen molar-refractivity contribution in [1.29, 1.82) is 0 Å². The average Bonchev–Trinajstić information content (AvgIpc) is 2.86. The molecular weight excluding hydrogens is 263 g/mol. The van der Waals surface area contributed by atoms with Gasteiger partial charge in [-0.2, -0.15) is 13.2 Å². The Balaban J connectivity index is 1.80. The van der Waals surface area contributed by atoms with Crippen molar-refractivity contribution in [3.63, 3.8) is 0 Å². The molecule has 0 bridgehead atoms. The molecule has 106 valence electrons. The highest BCUT2D eigenvalue weighted by molar-refractivity contribution is 5.31. The van der Waals surface area contributed by atoms with E-state index in [-0.39, 0.29) is 13.2 Å². The van der Waals surface area contributed by atoms with Crippen molar-refractivity contribution in [3.8, 4) is 11.5 Å². The summed E-state index contributed by atoms with van der Waals surface area (Å²) in [5, 5.41) is 2.25. The first-order valence-corrected chi connectivity index (χ1v) is 5.71. The summed E-state index contributed by atoms with van der Waals surface area (Å²) in [5.41, 5.74) is 0. The summed E-state index contributed by atoms with van der Waals surface area (Å²) >= 11 is 0. The number of halogens is 3. The van der Waals surface area contributed by atoms with Gasteiger partial charge in [-0.3, -0.25) is 5.32 Å². The van der Waals surface area contributed by atoms with Crippen molar-refractivity contribution in [1.82, 2.24) is 5.32 Å². The van der Waals surface area contributed by atoms with Crippen LogP contribution in [0.3, 0.4) is 0 Å². The van der Waals surface area contributed by atoms with Crippen molar-refractivity contribution in [2.24, 2.45) is 0 Å². The third-order valence-corrected chi connectivity index (χ3v) is 2.65. The summed E-state index contributed by atoms with van der Waals surface area (Å²) in [7, 11) is 1.55. The maximum Gasteiger partial charge on any atom is 0.428 e. The average molecular weight is 277 g/mol. The second-order valence-corrected chi connectivity index (χ2v) is 4.07. The topological polar surface area (TPSA) is 39.7 Å². The molecule has 1 aromatic carbocycles. The van der Waals surface area contributed by atoms with Crippen LogP contribution in [-0.4, -0.2) is 38.8 Å². The Bertz CT molecular complexity index is 408. The van der Waals surface area contributed by atoms with Gasteiger partial charge in [-0.1, -0.05) is 0 Å². The first kappa shape index (κ1) is 14.0. The van der Waals surface area contributed by atoms with Crippen LogP contribution in [-0.2, 0) is 4.74 Å². The summed E-state index contributed by atoms with van der Waals surface area (Å²) < 4.78 is 52.2. The molecule has 7 heteroatoms. The predicted octanol–water partition coefficient (Wildman–Crippen LogP) is 1.95. The molecule has 0 radical (unpaired) electrons. The van der Waals surface area contributed by atoms with Gasteiger partial charge in [-0.15, -0.1) is 0 Å². The largest absolute Gasteiger partial charge is 0.497 e. The Kier molecular flexibility index (Phi) is 4.16. The van der Waals surface area contributed by atoms with Crippen LogP contribution in [0.15, 0.2) is 24.3 Å². The number of benzene rings is 1. The molecule has 4 nitrogen and oxygen atoms in total. The molecule has 1 heterocycles. The van der Waals surface area contributed by atoms with E-state index in [0.29, 0.717) is 11.5 Å². The van der Waals surface area contributed by atoms with Crippen LogP contribution < -0.4 is 14.8 Å². The third-order valence-electron chi connectivity index (χ3n) is 2.65. The Labute approximate surface area is 108 Å². The van der Waals surface area contributed by atoms with Gasteiger partial charge in [0.15, 0.2) is 0 Å². The monoisotopic (exact) mass is 277 g/mol. The second-order valence-electron chi connectivity index (χ2n) is 4.07. The lowest BCUT2D eigenvalue weighted by Gasteiger charge is -2.16. The van der Waals surface area contributed by atoms with Crippen molar-refractivity contribution < 1.29 is 27.4 Å². The van der Waals surface area contributed by atoms with E-state index in [2.05, 4.69) is 5.32 Å². The number of hydrogen-bond acceptors (Lipinski definition) is 4. The molecule has 1 saturated heterocycles. The molecular formula is C12H14F3NO3. The van der Waals surface area contributed by atoms with Gasteiger partial charge in [0, 0.05) is 6.54 Å². The van der Waals surface area contributed by atoms with Crippen LogP contribution in [0.5, 0.6) is 11.5 Å². The van der Waals surface area contributed by atoms with Crippen molar-refractivity contribution >= 4 is 0 Å². The maximum absolute atomic E-state index is 12.3. The van der Waals surface area contributed by atoms with E-state index in [9.17, 15) is 13.2 Å². The molecule has 2 unspecified atom stereocenters. The smallest absolute Gasteiger partial charge is 0.428 e. The molecule has 19 heavy (non-hydrogen) atoms. The fourth-order valence-electron chi connectivity index (χ4n) is 1.68. The Morgan fingerprint density at radius 2 is 1.89 bits per heavy atom. The lowest BCUT2D eigenvalue weighted by molar-refractivity contribution is -0.221. The number of hydrogen-bond donors (Lipinski definition) is 1.